The van der Waals surface area contributed by atoms with Gasteiger partial charge in [0.15, 0.2) is 0 Å². The van der Waals surface area contributed by atoms with Gasteiger partial charge in [-0.2, -0.15) is 5.10 Å². The van der Waals surface area contributed by atoms with Crippen molar-refractivity contribution in [1.29, 1.82) is 0 Å². The third-order valence-electron chi connectivity index (χ3n) is 6.40. The van der Waals surface area contributed by atoms with Gasteiger partial charge in [-0.05, 0) is 42.3 Å². The number of hydrazone groups is 1. The maximum Gasteiger partial charge on any atom is 0.259 e. The minimum absolute atomic E-state index is 0.108. The summed E-state index contributed by atoms with van der Waals surface area (Å²) in [7, 11) is 0. The molecule has 31 heavy (non-hydrogen) atoms. The molecule has 2 aromatic carbocycles. The minimum Gasteiger partial charge on any atom is -0.341 e. The lowest BCUT2D eigenvalue weighted by molar-refractivity contribution is -0.127. The Balaban J connectivity index is 1.82. The van der Waals surface area contributed by atoms with Gasteiger partial charge in [-0.3, -0.25) is 9.59 Å². The van der Waals surface area contributed by atoms with Gasteiger partial charge in [-0.15, -0.1) is 0 Å². The average Bonchev–Trinajstić information content (AvgIpc) is 2.98. The molecule has 0 bridgehead atoms. The van der Waals surface area contributed by atoms with Crippen molar-refractivity contribution in [3.8, 4) is 0 Å². The lowest BCUT2D eigenvalue weighted by atomic mass is 9.58. The van der Waals surface area contributed by atoms with E-state index in [1.54, 1.807) is 12.1 Å². The van der Waals surface area contributed by atoms with Crippen molar-refractivity contribution >= 4 is 46.5 Å². The summed E-state index contributed by atoms with van der Waals surface area (Å²) >= 11 is 12.6. The Bertz CT molecular complexity index is 1180. The van der Waals surface area contributed by atoms with Gasteiger partial charge in [0.25, 0.3) is 5.91 Å². The van der Waals surface area contributed by atoms with Gasteiger partial charge in [-0.1, -0.05) is 53.6 Å². The number of amides is 2. The molecule has 158 valence electrons. The molecule has 1 fully saturated rings. The molecule has 0 unspecified atom stereocenters. The van der Waals surface area contributed by atoms with E-state index in [2.05, 4.69) is 22.4 Å². The van der Waals surface area contributed by atoms with Gasteiger partial charge in [0.05, 0.1) is 6.04 Å². The first kappa shape index (κ1) is 20.1. The van der Waals surface area contributed by atoms with Gasteiger partial charge < -0.3 is 10.2 Å². The summed E-state index contributed by atoms with van der Waals surface area (Å²) in [6.07, 6.45) is 0.458. The Morgan fingerprint density at radius 3 is 2.71 bits per heavy atom. The van der Waals surface area contributed by atoms with Crippen LogP contribution in [-0.4, -0.2) is 35.1 Å². The van der Waals surface area contributed by atoms with E-state index in [4.69, 9.17) is 23.2 Å². The van der Waals surface area contributed by atoms with Crippen LogP contribution in [0.2, 0.25) is 10.0 Å². The van der Waals surface area contributed by atoms with Crippen molar-refractivity contribution in [1.82, 2.24) is 10.3 Å². The number of nitrogens with zero attached hydrogens (tertiary/aromatic N) is 2. The van der Waals surface area contributed by atoms with Crippen molar-refractivity contribution in [2.45, 2.75) is 30.7 Å². The van der Waals surface area contributed by atoms with E-state index in [-0.39, 0.29) is 24.3 Å². The van der Waals surface area contributed by atoms with E-state index in [0.717, 1.165) is 22.5 Å². The van der Waals surface area contributed by atoms with Crippen LogP contribution in [-0.2, 0) is 15.0 Å². The predicted molar refractivity (Wildman–Crippen MR) is 121 cm³/mol. The molecular weight excluding hydrogens is 435 g/mol. The second-order valence-electron chi connectivity index (χ2n) is 8.26. The first-order chi connectivity index (χ1) is 14.8. The summed E-state index contributed by atoms with van der Waals surface area (Å²) < 4.78 is 0. The molecular formula is C23H20Cl2N4O2. The smallest absolute Gasteiger partial charge is 0.259 e. The fourth-order valence-corrected chi connectivity index (χ4v) is 5.73. The predicted octanol–water partition coefficient (Wildman–Crippen LogP) is 4.06. The SMILES string of the molecule is C=C(C)[C@@H]1N2CC(=O)NN=C2C[C@@H](c2cccc(Cl)c2)[C@]12C(=O)Nc1cc(Cl)ccc12. The monoisotopic (exact) mass is 454 g/mol. The van der Waals surface area contributed by atoms with Gasteiger partial charge in [-0.25, -0.2) is 5.43 Å². The molecule has 5 rings (SSSR count). The number of carbonyl (C=O) groups is 2. The second kappa shape index (κ2) is 7.11. The molecule has 1 saturated heterocycles. The number of rotatable bonds is 2. The summed E-state index contributed by atoms with van der Waals surface area (Å²) in [6, 6.07) is 12.5. The molecule has 0 aliphatic carbocycles. The molecule has 8 heteroatoms. The molecule has 3 atom stereocenters. The van der Waals surface area contributed by atoms with Crippen molar-refractivity contribution < 1.29 is 9.59 Å². The largest absolute Gasteiger partial charge is 0.341 e. The first-order valence-corrected chi connectivity index (χ1v) is 10.7. The molecule has 3 aliphatic heterocycles. The van der Waals surface area contributed by atoms with Crippen LogP contribution in [0, 0.1) is 0 Å². The molecule has 2 aromatic rings. The normalized spacial score (nSPS) is 26.7. The van der Waals surface area contributed by atoms with E-state index >= 15 is 0 Å². The van der Waals surface area contributed by atoms with Crippen molar-refractivity contribution in [3.63, 3.8) is 0 Å². The van der Waals surface area contributed by atoms with Gasteiger partial charge in [0.2, 0.25) is 5.91 Å². The number of piperidine rings is 1. The number of nitrogens with one attached hydrogen (secondary N) is 2. The van der Waals surface area contributed by atoms with E-state index in [9.17, 15) is 9.59 Å². The van der Waals surface area contributed by atoms with E-state index < -0.39 is 11.5 Å². The van der Waals surface area contributed by atoms with E-state index in [0.29, 0.717) is 22.2 Å². The molecule has 0 radical (unpaired) electrons. The standard InChI is InChI=1S/C23H20Cl2N4O2/c1-12(2)21-23(16-7-6-15(25)9-18(16)26-22(23)31)17(13-4-3-5-14(24)8-13)10-19-27-28-20(30)11-29(19)21/h3-9,17,21H,1,10-11H2,2H3,(H,26,31)(H,28,30)/t17-,21-,23-/m0/s1. The lowest BCUT2D eigenvalue weighted by Gasteiger charge is -2.53. The molecule has 0 saturated carbocycles. The van der Waals surface area contributed by atoms with E-state index in [1.807, 2.05) is 42.2 Å². The zero-order valence-corrected chi connectivity index (χ0v) is 18.3. The fourth-order valence-electron chi connectivity index (χ4n) is 5.36. The van der Waals surface area contributed by atoms with Crippen LogP contribution in [0.1, 0.15) is 30.4 Å². The van der Waals surface area contributed by atoms with Crippen LogP contribution in [0.25, 0.3) is 0 Å². The molecule has 2 amide bonds. The summed E-state index contributed by atoms with van der Waals surface area (Å²) in [5.41, 5.74) is 4.77. The fraction of sp³-hybridized carbons (Fsp3) is 0.261. The van der Waals surface area contributed by atoms with Crippen LogP contribution in [0.3, 0.4) is 0 Å². The average molecular weight is 455 g/mol. The Morgan fingerprint density at radius 2 is 1.97 bits per heavy atom. The minimum atomic E-state index is -1.02. The van der Waals surface area contributed by atoms with Gasteiger partial charge in [0, 0.05) is 28.1 Å². The number of amidine groups is 1. The highest BCUT2D eigenvalue weighted by Gasteiger charge is 2.63. The zero-order chi connectivity index (χ0) is 21.9. The Hall–Kier alpha value is -2.83. The highest BCUT2D eigenvalue weighted by molar-refractivity contribution is 6.31. The summed E-state index contributed by atoms with van der Waals surface area (Å²) in [5.74, 6) is 0.0765. The number of anilines is 1. The van der Waals surface area contributed by atoms with Gasteiger partial charge in [0.1, 0.15) is 17.8 Å². The quantitative estimate of drug-likeness (QED) is 0.671. The summed E-state index contributed by atoms with van der Waals surface area (Å²) in [6.45, 7) is 6.22. The molecule has 6 nitrogen and oxygen atoms in total. The van der Waals surface area contributed by atoms with Crippen LogP contribution >= 0.6 is 23.2 Å². The highest BCUT2D eigenvalue weighted by atomic mass is 35.5. The number of carbonyl (C=O) groups excluding carboxylic acids is 2. The molecule has 0 aromatic heterocycles. The summed E-state index contributed by atoms with van der Waals surface area (Å²) in [4.78, 5) is 28.0. The van der Waals surface area contributed by atoms with Crippen LogP contribution in [0.15, 0.2) is 59.7 Å². The molecule has 3 aliphatic rings. The maximum atomic E-state index is 13.9. The maximum absolute atomic E-state index is 13.9. The van der Waals surface area contributed by atoms with Crippen LogP contribution < -0.4 is 10.7 Å². The Morgan fingerprint density at radius 1 is 1.19 bits per heavy atom. The Labute approximate surface area is 189 Å². The van der Waals surface area contributed by atoms with Crippen LogP contribution in [0.4, 0.5) is 5.69 Å². The zero-order valence-electron chi connectivity index (χ0n) is 16.8. The first-order valence-electron chi connectivity index (χ1n) is 9.96. The van der Waals surface area contributed by atoms with E-state index in [1.165, 1.54) is 0 Å². The van der Waals surface area contributed by atoms with Crippen LogP contribution in [0.5, 0.6) is 0 Å². The van der Waals surface area contributed by atoms with Crippen molar-refractivity contribution in [2.24, 2.45) is 5.10 Å². The topological polar surface area (TPSA) is 73.8 Å². The van der Waals surface area contributed by atoms with Gasteiger partial charge >= 0.3 is 0 Å². The molecule has 3 heterocycles. The number of hydrogen-bond acceptors (Lipinski definition) is 4. The highest BCUT2D eigenvalue weighted by Crippen LogP contribution is 2.56. The third kappa shape index (κ3) is 2.89. The second-order valence-corrected chi connectivity index (χ2v) is 9.14. The number of hydrogen-bond donors (Lipinski definition) is 2. The molecule has 1 spiro atoms. The summed E-state index contributed by atoms with van der Waals surface area (Å²) in [5, 5.41) is 8.50. The van der Waals surface area contributed by atoms with Crippen molar-refractivity contribution in [2.75, 3.05) is 11.9 Å². The number of fused-ring (bicyclic) bond motifs is 3. The Kier molecular flexibility index (Phi) is 4.61. The number of benzene rings is 2. The number of halogens is 2. The molecule has 2 N–H and O–H groups in total. The third-order valence-corrected chi connectivity index (χ3v) is 6.87. The van der Waals surface area contributed by atoms with Crippen molar-refractivity contribution in [3.05, 3.63) is 75.8 Å². The lowest BCUT2D eigenvalue weighted by Crippen LogP contribution is -2.66.